The summed E-state index contributed by atoms with van der Waals surface area (Å²) in [6.45, 7) is 0.438. The third-order valence-electron chi connectivity index (χ3n) is 3.12. The summed E-state index contributed by atoms with van der Waals surface area (Å²) in [7, 11) is 3.16. The van der Waals surface area contributed by atoms with E-state index in [9.17, 15) is 0 Å². The second-order valence-corrected chi connectivity index (χ2v) is 4.30. The molecule has 0 spiro atoms. The SMILES string of the molecule is COc1ccnc(Cn2cnc3c(N)ncnc32)c1OC. The van der Waals surface area contributed by atoms with Gasteiger partial charge in [-0.2, -0.15) is 0 Å². The molecule has 3 rings (SSSR count). The van der Waals surface area contributed by atoms with Crippen molar-refractivity contribution in [3.8, 4) is 11.5 Å². The van der Waals surface area contributed by atoms with Crippen LogP contribution in [0.25, 0.3) is 11.2 Å². The normalized spacial score (nSPS) is 10.8. The predicted molar refractivity (Wildman–Crippen MR) is 76.2 cm³/mol. The maximum atomic E-state index is 5.78. The first kappa shape index (κ1) is 13.1. The number of methoxy groups -OCH3 is 2. The molecule has 0 saturated heterocycles. The quantitative estimate of drug-likeness (QED) is 0.759. The first-order valence-corrected chi connectivity index (χ1v) is 6.21. The molecular formula is C13H14N6O2. The van der Waals surface area contributed by atoms with Crippen LogP contribution in [0.4, 0.5) is 5.82 Å². The van der Waals surface area contributed by atoms with Crippen molar-refractivity contribution in [2.75, 3.05) is 20.0 Å². The second-order valence-electron chi connectivity index (χ2n) is 4.30. The van der Waals surface area contributed by atoms with E-state index in [1.165, 1.54) is 6.33 Å². The van der Waals surface area contributed by atoms with Gasteiger partial charge in [-0.1, -0.05) is 0 Å². The topological polar surface area (TPSA) is 101 Å². The molecule has 8 heteroatoms. The van der Waals surface area contributed by atoms with Crippen LogP contribution in [0.5, 0.6) is 11.5 Å². The van der Waals surface area contributed by atoms with Crippen LogP contribution < -0.4 is 15.2 Å². The molecule has 0 unspecified atom stereocenters. The van der Waals surface area contributed by atoms with Crippen LogP contribution in [0.1, 0.15) is 5.69 Å². The van der Waals surface area contributed by atoms with Gasteiger partial charge in [0.2, 0.25) is 0 Å². The Kier molecular flexibility index (Phi) is 3.27. The van der Waals surface area contributed by atoms with Gasteiger partial charge in [-0.25, -0.2) is 15.0 Å². The van der Waals surface area contributed by atoms with Crippen LogP contribution in [0.3, 0.4) is 0 Å². The highest BCUT2D eigenvalue weighted by Gasteiger charge is 2.14. The molecule has 3 heterocycles. The Morgan fingerprint density at radius 3 is 2.76 bits per heavy atom. The van der Waals surface area contributed by atoms with Gasteiger partial charge in [0, 0.05) is 12.3 Å². The van der Waals surface area contributed by atoms with E-state index in [1.807, 2.05) is 4.57 Å². The van der Waals surface area contributed by atoms with Gasteiger partial charge in [0.05, 0.1) is 27.1 Å². The lowest BCUT2D eigenvalue weighted by Crippen LogP contribution is -2.05. The molecule has 0 aromatic carbocycles. The molecule has 0 fully saturated rings. The lowest BCUT2D eigenvalue weighted by atomic mass is 10.3. The molecule has 0 atom stereocenters. The van der Waals surface area contributed by atoms with Crippen LogP contribution in [0.15, 0.2) is 24.9 Å². The molecule has 8 nitrogen and oxygen atoms in total. The zero-order valence-corrected chi connectivity index (χ0v) is 11.6. The average Bonchev–Trinajstić information content (AvgIpc) is 2.91. The summed E-state index contributed by atoms with van der Waals surface area (Å²) in [5, 5.41) is 0. The summed E-state index contributed by atoms with van der Waals surface area (Å²) < 4.78 is 12.5. The zero-order valence-electron chi connectivity index (χ0n) is 11.6. The van der Waals surface area contributed by atoms with Crippen molar-refractivity contribution in [3.63, 3.8) is 0 Å². The fourth-order valence-electron chi connectivity index (χ4n) is 2.14. The van der Waals surface area contributed by atoms with Crippen LogP contribution in [-0.2, 0) is 6.54 Å². The van der Waals surface area contributed by atoms with Crippen molar-refractivity contribution in [2.45, 2.75) is 6.54 Å². The van der Waals surface area contributed by atoms with Gasteiger partial charge in [0.25, 0.3) is 0 Å². The van der Waals surface area contributed by atoms with E-state index in [4.69, 9.17) is 15.2 Å². The van der Waals surface area contributed by atoms with Crippen molar-refractivity contribution in [1.29, 1.82) is 0 Å². The summed E-state index contributed by atoms with van der Waals surface area (Å²) in [5.41, 5.74) is 7.71. The second kappa shape index (κ2) is 5.23. The van der Waals surface area contributed by atoms with E-state index in [0.717, 1.165) is 0 Å². The zero-order chi connectivity index (χ0) is 14.8. The lowest BCUT2D eigenvalue weighted by Gasteiger charge is -2.12. The molecule has 21 heavy (non-hydrogen) atoms. The summed E-state index contributed by atoms with van der Waals surface area (Å²) in [4.78, 5) is 16.7. The Labute approximate surface area is 120 Å². The average molecular weight is 286 g/mol. The van der Waals surface area contributed by atoms with Crippen LogP contribution in [0.2, 0.25) is 0 Å². The maximum absolute atomic E-state index is 5.78. The smallest absolute Gasteiger partial charge is 0.184 e. The highest BCUT2D eigenvalue weighted by molar-refractivity contribution is 5.81. The Hall–Kier alpha value is -2.90. The standard InChI is InChI=1S/C13H14N6O2/c1-20-9-3-4-15-8(11(9)21-2)5-19-7-18-10-12(14)16-6-17-13(10)19/h3-4,6-7H,5H2,1-2H3,(H2,14,16,17). The number of fused-ring (bicyclic) bond motifs is 1. The number of rotatable bonds is 4. The highest BCUT2D eigenvalue weighted by Crippen LogP contribution is 2.30. The highest BCUT2D eigenvalue weighted by atomic mass is 16.5. The van der Waals surface area contributed by atoms with E-state index in [2.05, 4.69) is 19.9 Å². The van der Waals surface area contributed by atoms with E-state index in [1.54, 1.807) is 32.8 Å². The minimum Gasteiger partial charge on any atom is -0.493 e. The predicted octanol–water partition coefficient (Wildman–Crippen LogP) is 0.869. The Bertz CT molecular complexity index is 785. The molecule has 108 valence electrons. The van der Waals surface area contributed by atoms with Gasteiger partial charge in [0.1, 0.15) is 17.5 Å². The molecule has 2 N–H and O–H groups in total. The van der Waals surface area contributed by atoms with Crippen molar-refractivity contribution < 1.29 is 9.47 Å². The summed E-state index contributed by atoms with van der Waals surface area (Å²) >= 11 is 0. The summed E-state index contributed by atoms with van der Waals surface area (Å²) in [6, 6.07) is 1.74. The molecule has 0 saturated carbocycles. The van der Waals surface area contributed by atoms with Gasteiger partial charge < -0.3 is 19.8 Å². The number of aromatic nitrogens is 5. The van der Waals surface area contributed by atoms with E-state index in [-0.39, 0.29) is 0 Å². The Morgan fingerprint density at radius 1 is 1.14 bits per heavy atom. The summed E-state index contributed by atoms with van der Waals surface area (Å²) in [6.07, 6.45) is 4.72. The van der Waals surface area contributed by atoms with Gasteiger partial charge in [-0.05, 0) is 0 Å². The number of hydrogen-bond donors (Lipinski definition) is 1. The van der Waals surface area contributed by atoms with Gasteiger partial charge in [0.15, 0.2) is 23.0 Å². The number of nitrogens with zero attached hydrogens (tertiary/aromatic N) is 5. The first-order chi connectivity index (χ1) is 10.2. The van der Waals surface area contributed by atoms with Crippen molar-refractivity contribution in [2.24, 2.45) is 0 Å². The lowest BCUT2D eigenvalue weighted by molar-refractivity contribution is 0.348. The number of nitrogens with two attached hydrogens (primary N) is 1. The molecule has 0 aliphatic carbocycles. The van der Waals surface area contributed by atoms with Gasteiger partial charge in [-0.3, -0.25) is 4.98 Å². The van der Waals surface area contributed by atoms with Gasteiger partial charge in [-0.15, -0.1) is 0 Å². The van der Waals surface area contributed by atoms with Crippen molar-refractivity contribution in [1.82, 2.24) is 24.5 Å². The first-order valence-electron chi connectivity index (χ1n) is 6.21. The van der Waals surface area contributed by atoms with Gasteiger partial charge >= 0.3 is 0 Å². The molecule has 0 aliphatic rings. The molecule has 3 aromatic heterocycles. The fourth-order valence-corrected chi connectivity index (χ4v) is 2.14. The minimum atomic E-state index is 0.351. The van der Waals surface area contributed by atoms with Crippen molar-refractivity contribution >= 4 is 17.0 Å². The Morgan fingerprint density at radius 2 is 2.00 bits per heavy atom. The molecule has 0 bridgehead atoms. The van der Waals surface area contributed by atoms with Crippen molar-refractivity contribution in [3.05, 3.63) is 30.6 Å². The van der Waals surface area contributed by atoms with E-state index < -0.39 is 0 Å². The van der Waals surface area contributed by atoms with E-state index in [0.29, 0.717) is 40.7 Å². The number of nitrogen functional groups attached to an aromatic ring is 1. The third kappa shape index (κ3) is 2.20. The molecule has 3 aromatic rings. The fraction of sp³-hybridized carbons (Fsp3) is 0.231. The monoisotopic (exact) mass is 286 g/mol. The number of ether oxygens (including phenoxy) is 2. The third-order valence-corrected chi connectivity index (χ3v) is 3.12. The van der Waals surface area contributed by atoms with Crippen LogP contribution >= 0.6 is 0 Å². The van der Waals surface area contributed by atoms with Crippen LogP contribution in [0, 0.1) is 0 Å². The maximum Gasteiger partial charge on any atom is 0.184 e. The summed E-state index contributed by atoms with van der Waals surface area (Å²) in [5.74, 6) is 1.56. The number of hydrogen-bond acceptors (Lipinski definition) is 7. The molecule has 0 aliphatic heterocycles. The molecule has 0 amide bonds. The number of imidazole rings is 1. The Balaban J connectivity index is 2.05. The van der Waals surface area contributed by atoms with E-state index >= 15 is 0 Å². The minimum absolute atomic E-state index is 0.351. The molecular weight excluding hydrogens is 272 g/mol. The molecule has 0 radical (unpaired) electrons. The van der Waals surface area contributed by atoms with Crippen LogP contribution in [-0.4, -0.2) is 38.7 Å². The number of anilines is 1. The largest absolute Gasteiger partial charge is 0.493 e. The number of pyridine rings is 1.